The number of hydrogen-bond acceptors (Lipinski definition) is 4. The van der Waals surface area contributed by atoms with Crippen molar-refractivity contribution in [3.8, 4) is 0 Å². The number of nitrogens with one attached hydrogen (secondary N) is 1. The Morgan fingerprint density at radius 1 is 1.07 bits per heavy atom. The molecule has 0 atom stereocenters. The zero-order chi connectivity index (χ0) is 19.5. The largest absolute Gasteiger partial charge is 0.352 e. The molecule has 148 valence electrons. The Kier molecular flexibility index (Phi) is 6.09. The molecule has 5 nitrogen and oxygen atoms in total. The van der Waals surface area contributed by atoms with E-state index in [9.17, 15) is 9.59 Å². The number of nitrogens with zero attached hydrogens (tertiary/aromatic N) is 2. The molecule has 28 heavy (non-hydrogen) atoms. The summed E-state index contributed by atoms with van der Waals surface area (Å²) >= 11 is 7.91. The van der Waals surface area contributed by atoms with Gasteiger partial charge in [0.15, 0.2) is 0 Å². The summed E-state index contributed by atoms with van der Waals surface area (Å²) in [5.41, 5.74) is 0. The van der Waals surface area contributed by atoms with Gasteiger partial charge in [-0.2, -0.15) is 0 Å². The third kappa shape index (κ3) is 4.80. The minimum atomic E-state index is 0.102. The van der Waals surface area contributed by atoms with Gasteiger partial charge in [-0.05, 0) is 30.4 Å². The Labute approximate surface area is 174 Å². The molecule has 7 heteroatoms. The standard InChI is InChI=1S/C21H24ClN3O2S/c22-17-5-1-3-15-4-2-6-18(21(15)17)28-14-20(27)25-11-9-24(10-12-25)13-19(26)23-16-7-8-16/h1-6,16H,7-14H2,(H,23,26). The molecule has 1 saturated carbocycles. The number of hydrogen-bond donors (Lipinski definition) is 1. The zero-order valence-electron chi connectivity index (χ0n) is 15.7. The molecule has 1 N–H and O–H groups in total. The third-order valence-electron chi connectivity index (χ3n) is 5.20. The molecule has 4 rings (SSSR count). The molecule has 2 aromatic carbocycles. The highest BCUT2D eigenvalue weighted by Crippen LogP contribution is 2.33. The van der Waals surface area contributed by atoms with E-state index in [1.165, 1.54) is 11.8 Å². The molecule has 2 aliphatic rings. The van der Waals surface area contributed by atoms with Crippen LogP contribution in [0.25, 0.3) is 10.8 Å². The van der Waals surface area contributed by atoms with Crippen LogP contribution in [0, 0.1) is 0 Å². The van der Waals surface area contributed by atoms with Crippen molar-refractivity contribution in [1.29, 1.82) is 0 Å². The maximum absolute atomic E-state index is 12.6. The van der Waals surface area contributed by atoms with Gasteiger partial charge in [-0.1, -0.05) is 35.9 Å². The van der Waals surface area contributed by atoms with Crippen molar-refractivity contribution in [3.05, 3.63) is 41.4 Å². The molecule has 0 bridgehead atoms. The Morgan fingerprint density at radius 2 is 1.79 bits per heavy atom. The maximum Gasteiger partial charge on any atom is 0.234 e. The van der Waals surface area contributed by atoms with Gasteiger partial charge in [0, 0.05) is 47.5 Å². The number of carbonyl (C=O) groups is 2. The number of rotatable bonds is 6. The molecule has 2 fully saturated rings. The second kappa shape index (κ2) is 8.72. The van der Waals surface area contributed by atoms with Crippen molar-refractivity contribution in [3.63, 3.8) is 0 Å². The van der Waals surface area contributed by atoms with E-state index in [1.54, 1.807) is 0 Å². The van der Waals surface area contributed by atoms with E-state index >= 15 is 0 Å². The van der Waals surface area contributed by atoms with Crippen LogP contribution in [0.1, 0.15) is 12.8 Å². The topological polar surface area (TPSA) is 52.7 Å². The van der Waals surface area contributed by atoms with Crippen LogP contribution in [0.5, 0.6) is 0 Å². The molecular weight excluding hydrogens is 394 g/mol. The van der Waals surface area contributed by atoms with Crippen LogP contribution in [0.15, 0.2) is 41.3 Å². The van der Waals surface area contributed by atoms with Crippen LogP contribution in [-0.4, -0.2) is 66.1 Å². The lowest BCUT2D eigenvalue weighted by Crippen LogP contribution is -2.51. The monoisotopic (exact) mass is 417 g/mol. The van der Waals surface area contributed by atoms with Crippen LogP contribution < -0.4 is 5.32 Å². The normalized spacial score (nSPS) is 17.7. The van der Waals surface area contributed by atoms with Crippen molar-refractivity contribution in [2.45, 2.75) is 23.8 Å². The van der Waals surface area contributed by atoms with Crippen LogP contribution in [-0.2, 0) is 9.59 Å². The summed E-state index contributed by atoms with van der Waals surface area (Å²) in [6.07, 6.45) is 2.21. The van der Waals surface area contributed by atoms with Crippen molar-refractivity contribution < 1.29 is 9.59 Å². The maximum atomic E-state index is 12.6. The molecular formula is C21H24ClN3O2S. The van der Waals surface area contributed by atoms with Gasteiger partial charge < -0.3 is 10.2 Å². The fraction of sp³-hybridized carbons (Fsp3) is 0.429. The van der Waals surface area contributed by atoms with Gasteiger partial charge in [-0.3, -0.25) is 14.5 Å². The van der Waals surface area contributed by atoms with Crippen molar-refractivity contribution in [1.82, 2.24) is 15.1 Å². The molecule has 1 saturated heterocycles. The smallest absolute Gasteiger partial charge is 0.234 e. The van der Waals surface area contributed by atoms with E-state index in [1.807, 2.05) is 41.3 Å². The first kappa shape index (κ1) is 19.6. The van der Waals surface area contributed by atoms with Gasteiger partial charge in [0.1, 0.15) is 0 Å². The number of piperazine rings is 1. The van der Waals surface area contributed by atoms with E-state index in [0.717, 1.165) is 41.6 Å². The predicted octanol–water partition coefficient (Wildman–Crippen LogP) is 3.01. The summed E-state index contributed by atoms with van der Waals surface area (Å²) < 4.78 is 0. The molecule has 2 aromatic rings. The highest BCUT2D eigenvalue weighted by Gasteiger charge is 2.26. The predicted molar refractivity (Wildman–Crippen MR) is 114 cm³/mol. The summed E-state index contributed by atoms with van der Waals surface area (Å²) in [6.45, 7) is 3.27. The number of thioether (sulfide) groups is 1. The van der Waals surface area contributed by atoms with Gasteiger partial charge in [-0.25, -0.2) is 0 Å². The first-order valence-electron chi connectivity index (χ1n) is 9.70. The zero-order valence-corrected chi connectivity index (χ0v) is 17.3. The lowest BCUT2D eigenvalue weighted by atomic mass is 10.1. The van der Waals surface area contributed by atoms with Crippen LogP contribution in [0.3, 0.4) is 0 Å². The van der Waals surface area contributed by atoms with Crippen LogP contribution in [0.2, 0.25) is 5.02 Å². The second-order valence-electron chi connectivity index (χ2n) is 7.38. The summed E-state index contributed by atoms with van der Waals surface area (Å²) in [4.78, 5) is 29.6. The van der Waals surface area contributed by atoms with Crippen molar-refractivity contribution >= 4 is 45.9 Å². The van der Waals surface area contributed by atoms with Gasteiger partial charge in [0.25, 0.3) is 0 Å². The van der Waals surface area contributed by atoms with Gasteiger partial charge in [0.2, 0.25) is 11.8 Å². The summed E-state index contributed by atoms with van der Waals surface area (Å²) in [7, 11) is 0. The summed E-state index contributed by atoms with van der Waals surface area (Å²) in [6, 6.07) is 12.3. The number of halogens is 1. The summed E-state index contributed by atoms with van der Waals surface area (Å²) in [5, 5.41) is 5.83. The van der Waals surface area contributed by atoms with Gasteiger partial charge in [-0.15, -0.1) is 11.8 Å². The Hall–Kier alpha value is -1.76. The SMILES string of the molecule is O=C(CN1CCN(C(=O)CSc2cccc3cccc(Cl)c23)CC1)NC1CC1. The fourth-order valence-corrected chi connectivity index (χ4v) is 4.82. The van der Waals surface area contributed by atoms with Gasteiger partial charge in [0.05, 0.1) is 12.3 Å². The third-order valence-corrected chi connectivity index (χ3v) is 6.56. The molecule has 0 aromatic heterocycles. The van der Waals surface area contributed by atoms with Crippen LogP contribution >= 0.6 is 23.4 Å². The average Bonchev–Trinajstić information content (AvgIpc) is 3.50. The molecule has 1 aliphatic carbocycles. The highest BCUT2D eigenvalue weighted by atomic mass is 35.5. The number of amides is 2. The molecule has 0 spiro atoms. The quantitative estimate of drug-likeness (QED) is 0.734. The minimum Gasteiger partial charge on any atom is -0.352 e. The fourth-order valence-electron chi connectivity index (χ4n) is 3.47. The Balaban J connectivity index is 1.28. The first-order chi connectivity index (χ1) is 13.6. The van der Waals surface area contributed by atoms with E-state index in [2.05, 4.69) is 10.2 Å². The van der Waals surface area contributed by atoms with E-state index < -0.39 is 0 Å². The van der Waals surface area contributed by atoms with E-state index in [4.69, 9.17) is 11.6 Å². The molecule has 0 radical (unpaired) electrons. The summed E-state index contributed by atoms with van der Waals surface area (Å²) in [5.74, 6) is 0.633. The van der Waals surface area contributed by atoms with E-state index in [0.29, 0.717) is 36.5 Å². The van der Waals surface area contributed by atoms with E-state index in [-0.39, 0.29) is 11.8 Å². The lowest BCUT2D eigenvalue weighted by Gasteiger charge is -2.34. The lowest BCUT2D eigenvalue weighted by molar-refractivity contribution is -0.130. The first-order valence-corrected chi connectivity index (χ1v) is 11.1. The average molecular weight is 418 g/mol. The number of fused-ring (bicyclic) bond motifs is 1. The molecule has 2 amide bonds. The van der Waals surface area contributed by atoms with Crippen molar-refractivity contribution in [2.75, 3.05) is 38.5 Å². The number of carbonyl (C=O) groups excluding carboxylic acids is 2. The van der Waals surface area contributed by atoms with Crippen molar-refractivity contribution in [2.24, 2.45) is 0 Å². The van der Waals surface area contributed by atoms with Gasteiger partial charge >= 0.3 is 0 Å². The second-order valence-corrected chi connectivity index (χ2v) is 8.81. The Morgan fingerprint density at radius 3 is 2.50 bits per heavy atom. The Bertz CT molecular complexity index is 874. The molecule has 1 heterocycles. The molecule has 0 unspecified atom stereocenters. The van der Waals surface area contributed by atoms with Crippen LogP contribution in [0.4, 0.5) is 0 Å². The number of benzene rings is 2. The highest BCUT2D eigenvalue weighted by molar-refractivity contribution is 8.00. The minimum absolute atomic E-state index is 0.102. The molecule has 1 aliphatic heterocycles.